The minimum absolute atomic E-state index is 0.0432. The minimum atomic E-state index is -4.46. The van der Waals surface area contributed by atoms with Crippen LogP contribution in [0.4, 0.5) is 17.6 Å². The summed E-state index contributed by atoms with van der Waals surface area (Å²) < 4.78 is 49.6. The lowest BCUT2D eigenvalue weighted by Crippen LogP contribution is -2.10. The number of hydrogen-bond donors (Lipinski definition) is 0. The Morgan fingerprint density at radius 3 is 1.72 bits per heavy atom. The maximum absolute atomic E-state index is 12.9. The van der Waals surface area contributed by atoms with Crippen LogP contribution in [0.1, 0.15) is 52.2 Å². The van der Waals surface area contributed by atoms with E-state index in [1.165, 1.54) is 13.3 Å². The van der Waals surface area contributed by atoms with Crippen LogP contribution in [0.2, 0.25) is 0 Å². The Bertz CT molecular complexity index is 316. The average molecular weight is 266 g/mol. The van der Waals surface area contributed by atoms with Gasteiger partial charge in [-0.05, 0) is 24.1 Å². The predicted octanol–water partition coefficient (Wildman–Crippen LogP) is 5.85. The number of benzene rings is 1. The van der Waals surface area contributed by atoms with Crippen LogP contribution >= 0.6 is 0 Å². The molecule has 0 spiro atoms. The number of alkyl halides is 3. The third kappa shape index (κ3) is 6.62. The van der Waals surface area contributed by atoms with Gasteiger partial charge in [0.2, 0.25) is 0 Å². The van der Waals surface area contributed by atoms with E-state index < -0.39 is 17.6 Å². The standard InChI is InChI=1S/C9H8F4.C3H8.C2H6/c1-2-6-7(9(11,12)13)4-3-5-8(6)10;1-3-2;1-2/h3-5H,2H2,1H3;3H2,1-2H3;1-2H3. The van der Waals surface area contributed by atoms with Crippen LogP contribution in [-0.2, 0) is 12.6 Å². The van der Waals surface area contributed by atoms with Crippen LogP contribution in [0, 0.1) is 5.82 Å². The van der Waals surface area contributed by atoms with E-state index in [9.17, 15) is 17.6 Å². The van der Waals surface area contributed by atoms with E-state index in [4.69, 9.17) is 0 Å². The topological polar surface area (TPSA) is 0 Å². The van der Waals surface area contributed by atoms with E-state index in [2.05, 4.69) is 13.8 Å². The summed E-state index contributed by atoms with van der Waals surface area (Å²) >= 11 is 0. The molecule has 0 amide bonds. The summed E-state index contributed by atoms with van der Waals surface area (Å²) in [6.45, 7) is 9.74. The van der Waals surface area contributed by atoms with E-state index in [1.54, 1.807) is 0 Å². The van der Waals surface area contributed by atoms with Crippen LogP contribution in [0.3, 0.4) is 0 Å². The summed E-state index contributed by atoms with van der Waals surface area (Å²) in [6.07, 6.45) is -3.17. The van der Waals surface area contributed by atoms with E-state index in [1.807, 2.05) is 13.8 Å². The first-order valence-corrected chi connectivity index (χ1v) is 6.22. The van der Waals surface area contributed by atoms with Gasteiger partial charge in [0.1, 0.15) is 5.82 Å². The highest BCUT2D eigenvalue weighted by molar-refractivity contribution is 5.30. The van der Waals surface area contributed by atoms with E-state index in [-0.39, 0.29) is 12.0 Å². The second-order valence-electron chi connectivity index (χ2n) is 3.32. The fourth-order valence-electron chi connectivity index (χ4n) is 1.18. The van der Waals surface area contributed by atoms with Crippen molar-refractivity contribution in [2.45, 2.75) is 53.6 Å². The maximum Gasteiger partial charge on any atom is 0.416 e. The van der Waals surface area contributed by atoms with Crippen molar-refractivity contribution >= 4 is 0 Å². The largest absolute Gasteiger partial charge is 0.416 e. The third-order valence-electron chi connectivity index (χ3n) is 1.78. The van der Waals surface area contributed by atoms with Crippen molar-refractivity contribution in [3.05, 3.63) is 35.1 Å². The first-order chi connectivity index (χ1) is 8.38. The van der Waals surface area contributed by atoms with Gasteiger partial charge in [-0.2, -0.15) is 13.2 Å². The van der Waals surface area contributed by atoms with Gasteiger partial charge in [0.05, 0.1) is 5.56 Å². The minimum Gasteiger partial charge on any atom is -0.207 e. The molecule has 1 aromatic rings. The van der Waals surface area contributed by atoms with Crippen LogP contribution in [0.25, 0.3) is 0 Å². The molecular weight excluding hydrogens is 244 g/mol. The molecule has 0 nitrogen and oxygen atoms in total. The smallest absolute Gasteiger partial charge is 0.207 e. The quantitative estimate of drug-likeness (QED) is 0.559. The van der Waals surface area contributed by atoms with Crippen molar-refractivity contribution in [2.75, 3.05) is 0 Å². The summed E-state index contributed by atoms with van der Waals surface area (Å²) in [4.78, 5) is 0. The molecule has 18 heavy (non-hydrogen) atoms. The second-order valence-corrected chi connectivity index (χ2v) is 3.32. The van der Waals surface area contributed by atoms with Crippen molar-refractivity contribution in [1.29, 1.82) is 0 Å². The Kier molecular flexibility index (Phi) is 10.6. The SMILES string of the molecule is CC.CCC.CCc1c(F)cccc1C(F)(F)F. The first-order valence-electron chi connectivity index (χ1n) is 6.22. The summed E-state index contributed by atoms with van der Waals surface area (Å²) in [5.41, 5.74) is -1.15. The lowest BCUT2D eigenvalue weighted by Gasteiger charge is -2.11. The Labute approximate surface area is 107 Å². The van der Waals surface area contributed by atoms with Gasteiger partial charge in [-0.25, -0.2) is 4.39 Å². The average Bonchev–Trinajstić information content (AvgIpc) is 2.31. The normalized spacial score (nSPS) is 9.83. The van der Waals surface area contributed by atoms with Crippen LogP contribution in [-0.4, -0.2) is 0 Å². The molecule has 1 rings (SSSR count). The zero-order valence-corrected chi connectivity index (χ0v) is 11.7. The van der Waals surface area contributed by atoms with Gasteiger partial charge in [-0.1, -0.05) is 47.1 Å². The molecule has 0 fully saturated rings. The van der Waals surface area contributed by atoms with Crippen molar-refractivity contribution in [2.24, 2.45) is 0 Å². The Hall–Kier alpha value is -1.06. The molecule has 0 unspecified atom stereocenters. The zero-order chi connectivity index (χ0) is 14.8. The molecule has 0 aliphatic rings. The first kappa shape index (κ1) is 19.3. The van der Waals surface area contributed by atoms with Gasteiger partial charge in [-0.3, -0.25) is 0 Å². The monoisotopic (exact) mass is 266 g/mol. The van der Waals surface area contributed by atoms with Gasteiger partial charge >= 0.3 is 6.18 Å². The van der Waals surface area contributed by atoms with E-state index in [0.717, 1.165) is 18.2 Å². The van der Waals surface area contributed by atoms with Gasteiger partial charge in [-0.15, -0.1) is 0 Å². The van der Waals surface area contributed by atoms with Crippen LogP contribution < -0.4 is 0 Å². The Morgan fingerprint density at radius 2 is 1.44 bits per heavy atom. The Morgan fingerprint density at radius 1 is 1.00 bits per heavy atom. The van der Waals surface area contributed by atoms with Gasteiger partial charge in [0.15, 0.2) is 0 Å². The molecule has 0 aliphatic carbocycles. The van der Waals surface area contributed by atoms with E-state index in [0.29, 0.717) is 0 Å². The molecular formula is C14H22F4. The van der Waals surface area contributed by atoms with Crippen LogP contribution in [0.15, 0.2) is 18.2 Å². The molecule has 0 radical (unpaired) electrons. The van der Waals surface area contributed by atoms with Crippen molar-refractivity contribution < 1.29 is 17.6 Å². The number of rotatable bonds is 1. The van der Waals surface area contributed by atoms with Gasteiger partial charge < -0.3 is 0 Å². The van der Waals surface area contributed by atoms with Crippen molar-refractivity contribution in [3.63, 3.8) is 0 Å². The molecule has 0 saturated heterocycles. The van der Waals surface area contributed by atoms with Gasteiger partial charge in [0, 0.05) is 0 Å². The second kappa shape index (κ2) is 9.92. The third-order valence-corrected chi connectivity index (χ3v) is 1.78. The summed E-state index contributed by atoms with van der Waals surface area (Å²) in [5.74, 6) is -0.794. The van der Waals surface area contributed by atoms with Gasteiger partial charge in [0.25, 0.3) is 0 Å². The van der Waals surface area contributed by atoms with Crippen molar-refractivity contribution in [3.8, 4) is 0 Å². The number of hydrogen-bond acceptors (Lipinski definition) is 0. The Balaban J connectivity index is 0. The van der Waals surface area contributed by atoms with Crippen molar-refractivity contribution in [1.82, 2.24) is 0 Å². The molecule has 106 valence electrons. The highest BCUT2D eigenvalue weighted by Crippen LogP contribution is 2.33. The molecule has 0 heterocycles. The molecule has 4 heteroatoms. The molecule has 0 N–H and O–H groups in total. The maximum atomic E-state index is 12.9. The molecule has 0 aromatic heterocycles. The molecule has 0 atom stereocenters. The molecule has 0 aliphatic heterocycles. The molecule has 1 aromatic carbocycles. The summed E-state index contributed by atoms with van der Waals surface area (Å²) in [6, 6.07) is 2.99. The van der Waals surface area contributed by atoms with E-state index >= 15 is 0 Å². The zero-order valence-electron chi connectivity index (χ0n) is 11.7. The number of halogens is 4. The summed E-state index contributed by atoms with van der Waals surface area (Å²) in [5, 5.41) is 0. The fraction of sp³-hybridized carbons (Fsp3) is 0.571. The lowest BCUT2D eigenvalue weighted by atomic mass is 10.0. The summed E-state index contributed by atoms with van der Waals surface area (Å²) in [7, 11) is 0. The molecule has 0 saturated carbocycles. The molecule has 0 bridgehead atoms. The van der Waals surface area contributed by atoms with Crippen LogP contribution in [0.5, 0.6) is 0 Å². The fourth-order valence-corrected chi connectivity index (χ4v) is 1.18. The highest BCUT2D eigenvalue weighted by atomic mass is 19.4. The predicted molar refractivity (Wildman–Crippen MR) is 68.1 cm³/mol. The highest BCUT2D eigenvalue weighted by Gasteiger charge is 2.33. The lowest BCUT2D eigenvalue weighted by molar-refractivity contribution is -0.138.